The van der Waals surface area contributed by atoms with Crippen LogP contribution in [0.1, 0.15) is 16.0 Å². The molecule has 10 heteroatoms. The van der Waals surface area contributed by atoms with Crippen molar-refractivity contribution in [3.8, 4) is 22.2 Å². The van der Waals surface area contributed by atoms with E-state index in [1.54, 1.807) is 31.6 Å². The maximum absolute atomic E-state index is 13.3. The average molecular weight is 475 g/mol. The van der Waals surface area contributed by atoms with E-state index in [1.807, 2.05) is 4.57 Å². The van der Waals surface area contributed by atoms with Gasteiger partial charge in [0.2, 0.25) is 0 Å². The van der Waals surface area contributed by atoms with Crippen LogP contribution in [-0.4, -0.2) is 23.8 Å². The molecule has 4 rings (SSSR count). The van der Waals surface area contributed by atoms with Crippen LogP contribution in [0.2, 0.25) is 0 Å². The summed E-state index contributed by atoms with van der Waals surface area (Å²) in [6, 6.07) is 10.5. The standard InChI is InChI=1S/C23H20F3N3O3S/c1-13(27)22-20(32-11-14-6-4-5-7-15(14)23(24,25)26)10-21(33-22)29-12-28-16-8-18(30-2)19(31-3)9-17(16)29/h4-10,12H,1,11,27H2,2-3H3. The molecule has 0 spiro atoms. The highest BCUT2D eigenvalue weighted by atomic mass is 32.1. The third-order valence-corrected chi connectivity index (χ3v) is 6.16. The number of aromatic nitrogens is 2. The molecule has 0 bridgehead atoms. The third kappa shape index (κ3) is 4.34. The summed E-state index contributed by atoms with van der Waals surface area (Å²) in [6.45, 7) is 3.50. The Labute approximate surface area is 191 Å². The lowest BCUT2D eigenvalue weighted by molar-refractivity contribution is -0.138. The monoisotopic (exact) mass is 475 g/mol. The van der Waals surface area contributed by atoms with Crippen molar-refractivity contribution < 1.29 is 27.4 Å². The average Bonchev–Trinajstić information content (AvgIpc) is 3.39. The molecule has 0 atom stereocenters. The van der Waals surface area contributed by atoms with Crippen LogP contribution < -0.4 is 19.9 Å². The van der Waals surface area contributed by atoms with E-state index in [0.717, 1.165) is 11.6 Å². The van der Waals surface area contributed by atoms with Gasteiger partial charge in [-0.3, -0.25) is 4.57 Å². The summed E-state index contributed by atoms with van der Waals surface area (Å²) in [7, 11) is 3.08. The smallest absolute Gasteiger partial charge is 0.416 e. The first-order chi connectivity index (χ1) is 15.7. The highest BCUT2D eigenvalue weighted by Gasteiger charge is 2.33. The number of rotatable bonds is 7. The van der Waals surface area contributed by atoms with E-state index in [9.17, 15) is 13.2 Å². The van der Waals surface area contributed by atoms with Gasteiger partial charge in [-0.15, -0.1) is 11.3 Å². The SMILES string of the molecule is C=C(N)c1sc(-n2cnc3cc(OC)c(OC)cc32)cc1OCc1ccccc1C(F)(F)F. The molecule has 2 N–H and O–H groups in total. The Morgan fingerprint density at radius 2 is 1.79 bits per heavy atom. The number of hydrogen-bond donors (Lipinski definition) is 1. The summed E-state index contributed by atoms with van der Waals surface area (Å²) in [5, 5.41) is 0.699. The van der Waals surface area contributed by atoms with Gasteiger partial charge in [0.25, 0.3) is 0 Å². The number of alkyl halides is 3. The van der Waals surface area contributed by atoms with E-state index in [-0.39, 0.29) is 17.9 Å². The molecule has 0 saturated carbocycles. The Balaban J connectivity index is 1.71. The molecule has 2 aromatic heterocycles. The molecular formula is C23H20F3N3O3S. The molecule has 0 aliphatic heterocycles. The minimum absolute atomic E-state index is 0.0243. The maximum atomic E-state index is 13.3. The van der Waals surface area contributed by atoms with Gasteiger partial charge in [0, 0.05) is 29.5 Å². The van der Waals surface area contributed by atoms with E-state index in [0.29, 0.717) is 32.6 Å². The lowest BCUT2D eigenvalue weighted by Crippen LogP contribution is -2.11. The molecule has 172 valence electrons. The van der Waals surface area contributed by atoms with Crippen LogP contribution in [0.5, 0.6) is 17.2 Å². The number of nitrogens with zero attached hydrogens (tertiary/aromatic N) is 2. The van der Waals surface area contributed by atoms with Crippen molar-refractivity contribution >= 4 is 28.1 Å². The molecule has 2 heterocycles. The van der Waals surface area contributed by atoms with E-state index in [1.165, 1.54) is 36.6 Å². The van der Waals surface area contributed by atoms with Gasteiger partial charge in [0.15, 0.2) is 11.5 Å². The number of hydrogen-bond acceptors (Lipinski definition) is 6. The van der Waals surface area contributed by atoms with E-state index in [2.05, 4.69) is 11.6 Å². The van der Waals surface area contributed by atoms with Crippen LogP contribution in [0.4, 0.5) is 13.2 Å². The van der Waals surface area contributed by atoms with Crippen molar-refractivity contribution in [1.82, 2.24) is 9.55 Å². The molecule has 0 amide bonds. The predicted molar refractivity (Wildman–Crippen MR) is 121 cm³/mol. The van der Waals surface area contributed by atoms with Crippen molar-refractivity contribution in [2.24, 2.45) is 5.73 Å². The highest BCUT2D eigenvalue weighted by Crippen LogP contribution is 2.39. The number of methoxy groups -OCH3 is 2. The van der Waals surface area contributed by atoms with Crippen molar-refractivity contribution in [1.29, 1.82) is 0 Å². The summed E-state index contributed by atoms with van der Waals surface area (Å²) >= 11 is 1.29. The summed E-state index contributed by atoms with van der Waals surface area (Å²) < 4.78 is 58.3. The van der Waals surface area contributed by atoms with Gasteiger partial charge in [-0.1, -0.05) is 24.8 Å². The van der Waals surface area contributed by atoms with Gasteiger partial charge in [-0.25, -0.2) is 4.98 Å². The van der Waals surface area contributed by atoms with Gasteiger partial charge in [0.1, 0.15) is 23.7 Å². The van der Waals surface area contributed by atoms with Crippen LogP contribution in [0.15, 0.2) is 55.4 Å². The molecule has 0 aliphatic rings. The van der Waals surface area contributed by atoms with Gasteiger partial charge >= 0.3 is 6.18 Å². The largest absolute Gasteiger partial charge is 0.493 e. The van der Waals surface area contributed by atoms with Crippen LogP contribution in [0.25, 0.3) is 21.7 Å². The summed E-state index contributed by atoms with van der Waals surface area (Å²) in [5.41, 5.74) is 6.89. The third-order valence-electron chi connectivity index (χ3n) is 4.97. The predicted octanol–water partition coefficient (Wildman–Crippen LogP) is 5.63. The Hall–Kier alpha value is -3.66. The molecule has 0 fully saturated rings. The summed E-state index contributed by atoms with van der Waals surface area (Å²) in [5.74, 6) is 1.42. The van der Waals surface area contributed by atoms with E-state index in [4.69, 9.17) is 19.9 Å². The first-order valence-corrected chi connectivity index (χ1v) is 10.5. The number of ether oxygens (including phenoxy) is 3. The Kier molecular flexibility index (Phi) is 5.94. The normalized spacial score (nSPS) is 11.5. The number of thiophene rings is 1. The summed E-state index contributed by atoms with van der Waals surface area (Å²) in [4.78, 5) is 4.93. The van der Waals surface area contributed by atoms with Crippen LogP contribution >= 0.6 is 11.3 Å². The van der Waals surface area contributed by atoms with Crippen molar-refractivity contribution in [2.75, 3.05) is 14.2 Å². The summed E-state index contributed by atoms with van der Waals surface area (Å²) in [6.07, 6.45) is -2.85. The van der Waals surface area contributed by atoms with Gasteiger partial charge < -0.3 is 19.9 Å². The Bertz CT molecular complexity index is 1330. The molecule has 6 nitrogen and oxygen atoms in total. The second kappa shape index (κ2) is 8.70. The van der Waals surface area contributed by atoms with Crippen molar-refractivity contribution in [3.63, 3.8) is 0 Å². The fourth-order valence-electron chi connectivity index (χ4n) is 3.40. The first-order valence-electron chi connectivity index (χ1n) is 9.69. The Morgan fingerprint density at radius 3 is 2.45 bits per heavy atom. The zero-order valence-electron chi connectivity index (χ0n) is 17.8. The minimum atomic E-state index is -4.48. The first kappa shape index (κ1) is 22.5. The number of fused-ring (bicyclic) bond motifs is 1. The molecule has 0 aliphatic carbocycles. The molecule has 2 aromatic carbocycles. The lowest BCUT2D eigenvalue weighted by atomic mass is 10.1. The zero-order valence-corrected chi connectivity index (χ0v) is 18.6. The second-order valence-electron chi connectivity index (χ2n) is 7.06. The van der Waals surface area contributed by atoms with Crippen LogP contribution in [0.3, 0.4) is 0 Å². The molecule has 0 saturated heterocycles. The Morgan fingerprint density at radius 1 is 1.09 bits per heavy atom. The molecule has 0 unspecified atom stereocenters. The van der Waals surface area contributed by atoms with Crippen molar-refractivity contribution in [3.05, 3.63) is 71.4 Å². The van der Waals surface area contributed by atoms with E-state index >= 15 is 0 Å². The zero-order chi connectivity index (χ0) is 23.8. The molecule has 0 radical (unpaired) electrons. The second-order valence-corrected chi connectivity index (χ2v) is 8.09. The topological polar surface area (TPSA) is 71.5 Å². The highest BCUT2D eigenvalue weighted by molar-refractivity contribution is 7.16. The van der Waals surface area contributed by atoms with Crippen LogP contribution in [0, 0.1) is 0 Å². The molecule has 4 aromatic rings. The maximum Gasteiger partial charge on any atom is 0.416 e. The minimum Gasteiger partial charge on any atom is -0.493 e. The molecule has 33 heavy (non-hydrogen) atoms. The van der Waals surface area contributed by atoms with Gasteiger partial charge in [-0.05, 0) is 6.07 Å². The molecular weight excluding hydrogens is 455 g/mol. The van der Waals surface area contributed by atoms with Crippen molar-refractivity contribution in [2.45, 2.75) is 12.8 Å². The number of imidazole rings is 1. The number of nitrogens with two attached hydrogens (primary N) is 1. The van der Waals surface area contributed by atoms with E-state index < -0.39 is 11.7 Å². The van der Waals surface area contributed by atoms with Gasteiger partial charge in [0.05, 0.1) is 35.7 Å². The number of benzene rings is 2. The lowest BCUT2D eigenvalue weighted by Gasteiger charge is -2.13. The fourth-order valence-corrected chi connectivity index (χ4v) is 4.37. The van der Waals surface area contributed by atoms with Gasteiger partial charge in [-0.2, -0.15) is 13.2 Å². The quantitative estimate of drug-likeness (QED) is 0.375. The van der Waals surface area contributed by atoms with Crippen LogP contribution in [-0.2, 0) is 12.8 Å². The fraction of sp³-hybridized carbons (Fsp3) is 0.174. The number of halogens is 3.